The minimum atomic E-state index is -1.11. The molecule has 2 N–H and O–H groups in total. The summed E-state index contributed by atoms with van der Waals surface area (Å²) in [6.45, 7) is 7.39. The average Bonchev–Trinajstić information content (AvgIpc) is 2.45. The largest absolute Gasteiger partial charge is 0.480 e. The molecule has 0 saturated carbocycles. The third-order valence-electron chi connectivity index (χ3n) is 3.63. The molecular formula is C17H22ClNO3. The van der Waals surface area contributed by atoms with E-state index in [0.717, 1.165) is 11.1 Å². The number of aryl methyl sites for hydroxylation is 1. The highest BCUT2D eigenvalue weighted by Crippen LogP contribution is 2.17. The second kappa shape index (κ2) is 8.59. The van der Waals surface area contributed by atoms with Gasteiger partial charge in [0, 0.05) is 17.4 Å². The topological polar surface area (TPSA) is 66.4 Å². The van der Waals surface area contributed by atoms with Gasteiger partial charge in [0.1, 0.15) is 6.04 Å². The molecule has 5 heteroatoms. The average molecular weight is 324 g/mol. The van der Waals surface area contributed by atoms with E-state index >= 15 is 0 Å². The van der Waals surface area contributed by atoms with Crippen LogP contribution in [0.25, 0.3) is 0 Å². The predicted molar refractivity (Wildman–Crippen MR) is 87.8 cm³/mol. The second-order valence-electron chi connectivity index (χ2n) is 5.36. The van der Waals surface area contributed by atoms with E-state index in [1.54, 1.807) is 0 Å². The monoisotopic (exact) mass is 323 g/mol. The Balaban J connectivity index is 2.77. The number of carbonyl (C=O) groups is 2. The van der Waals surface area contributed by atoms with Crippen molar-refractivity contribution in [2.75, 3.05) is 0 Å². The molecule has 1 aromatic rings. The van der Waals surface area contributed by atoms with Gasteiger partial charge < -0.3 is 10.4 Å². The number of aliphatic carboxylic acids is 1. The molecule has 0 aliphatic rings. The summed E-state index contributed by atoms with van der Waals surface area (Å²) in [6.07, 6.45) is 1.24. The van der Waals surface area contributed by atoms with Gasteiger partial charge in [-0.15, -0.1) is 0 Å². The van der Waals surface area contributed by atoms with E-state index in [2.05, 4.69) is 11.9 Å². The molecule has 0 heterocycles. The van der Waals surface area contributed by atoms with Crippen LogP contribution in [-0.4, -0.2) is 23.0 Å². The maximum absolute atomic E-state index is 12.3. The van der Waals surface area contributed by atoms with Crippen molar-refractivity contribution >= 4 is 23.5 Å². The molecule has 4 nitrogen and oxygen atoms in total. The molecule has 0 fully saturated rings. The van der Waals surface area contributed by atoms with Crippen molar-refractivity contribution in [1.82, 2.24) is 5.32 Å². The fourth-order valence-electron chi connectivity index (χ4n) is 2.24. The van der Waals surface area contributed by atoms with Gasteiger partial charge in [0.25, 0.3) is 0 Å². The molecule has 1 amide bonds. The van der Waals surface area contributed by atoms with Crippen molar-refractivity contribution in [3.05, 3.63) is 47.0 Å². The Bertz CT molecular complexity index is 557. The SMILES string of the molecule is C=C(Cl)CC(NC(=O)C(CC)Cc1ccccc1C)C(=O)O. The molecule has 0 spiro atoms. The molecule has 2 unspecified atom stereocenters. The zero-order chi connectivity index (χ0) is 16.7. The maximum Gasteiger partial charge on any atom is 0.326 e. The summed E-state index contributed by atoms with van der Waals surface area (Å²) in [6, 6.07) is 6.83. The van der Waals surface area contributed by atoms with Crippen molar-refractivity contribution in [3.63, 3.8) is 0 Å². The Morgan fingerprint density at radius 3 is 2.50 bits per heavy atom. The Morgan fingerprint density at radius 2 is 2.00 bits per heavy atom. The maximum atomic E-state index is 12.3. The van der Waals surface area contributed by atoms with Crippen LogP contribution in [0, 0.1) is 12.8 Å². The highest BCUT2D eigenvalue weighted by atomic mass is 35.5. The number of carbonyl (C=O) groups excluding carboxylic acids is 1. The molecule has 0 bridgehead atoms. The van der Waals surface area contributed by atoms with Gasteiger partial charge in [-0.2, -0.15) is 0 Å². The van der Waals surface area contributed by atoms with Crippen LogP contribution in [0.5, 0.6) is 0 Å². The zero-order valence-corrected chi connectivity index (χ0v) is 13.7. The number of hydrogen-bond acceptors (Lipinski definition) is 2. The summed E-state index contributed by atoms with van der Waals surface area (Å²) < 4.78 is 0. The molecule has 0 saturated heterocycles. The Kier molecular flexibility index (Phi) is 7.12. The fraction of sp³-hybridized carbons (Fsp3) is 0.412. The van der Waals surface area contributed by atoms with E-state index < -0.39 is 12.0 Å². The van der Waals surface area contributed by atoms with E-state index in [9.17, 15) is 9.59 Å². The summed E-state index contributed by atoms with van der Waals surface area (Å²) in [5.74, 6) is -1.65. The lowest BCUT2D eigenvalue weighted by Crippen LogP contribution is -2.44. The second-order valence-corrected chi connectivity index (χ2v) is 5.89. The summed E-state index contributed by atoms with van der Waals surface area (Å²) in [4.78, 5) is 23.5. The molecule has 0 aliphatic carbocycles. The first-order valence-electron chi connectivity index (χ1n) is 7.26. The first kappa shape index (κ1) is 18.2. The van der Waals surface area contributed by atoms with Crippen molar-refractivity contribution < 1.29 is 14.7 Å². The number of carboxylic acids is 1. The van der Waals surface area contributed by atoms with Gasteiger partial charge >= 0.3 is 5.97 Å². The number of halogens is 1. The number of nitrogens with one attached hydrogen (secondary N) is 1. The lowest BCUT2D eigenvalue weighted by molar-refractivity contribution is -0.142. The number of hydrogen-bond donors (Lipinski definition) is 2. The van der Waals surface area contributed by atoms with Crippen molar-refractivity contribution in [1.29, 1.82) is 0 Å². The zero-order valence-electron chi connectivity index (χ0n) is 12.9. The number of rotatable bonds is 8. The van der Waals surface area contributed by atoms with Gasteiger partial charge in [0.05, 0.1) is 0 Å². The first-order chi connectivity index (χ1) is 10.3. The lowest BCUT2D eigenvalue weighted by atomic mass is 9.93. The Morgan fingerprint density at radius 1 is 1.36 bits per heavy atom. The summed E-state index contributed by atoms with van der Waals surface area (Å²) in [5.41, 5.74) is 2.22. The molecule has 22 heavy (non-hydrogen) atoms. The van der Waals surface area contributed by atoms with E-state index in [1.807, 2.05) is 38.1 Å². The van der Waals surface area contributed by atoms with Crippen LogP contribution in [-0.2, 0) is 16.0 Å². The summed E-state index contributed by atoms with van der Waals surface area (Å²) in [5, 5.41) is 11.9. The summed E-state index contributed by atoms with van der Waals surface area (Å²) >= 11 is 5.65. The minimum absolute atomic E-state index is 0.0173. The van der Waals surface area contributed by atoms with Crippen LogP contribution in [0.1, 0.15) is 30.9 Å². The molecule has 1 rings (SSSR count). The normalized spacial score (nSPS) is 13.2. The van der Waals surface area contributed by atoms with Crippen molar-refractivity contribution in [3.8, 4) is 0 Å². The van der Waals surface area contributed by atoms with Crippen LogP contribution < -0.4 is 5.32 Å². The smallest absolute Gasteiger partial charge is 0.326 e. The molecule has 0 aliphatic heterocycles. The van der Waals surface area contributed by atoms with Gasteiger partial charge in [0.2, 0.25) is 5.91 Å². The molecule has 0 radical (unpaired) electrons. The van der Waals surface area contributed by atoms with E-state index in [4.69, 9.17) is 16.7 Å². The summed E-state index contributed by atoms with van der Waals surface area (Å²) in [7, 11) is 0. The van der Waals surface area contributed by atoms with Crippen LogP contribution in [0.2, 0.25) is 0 Å². The van der Waals surface area contributed by atoms with Gasteiger partial charge in [-0.05, 0) is 30.9 Å². The quantitative estimate of drug-likeness (QED) is 0.771. The molecule has 1 aromatic carbocycles. The van der Waals surface area contributed by atoms with Gasteiger partial charge in [-0.3, -0.25) is 4.79 Å². The minimum Gasteiger partial charge on any atom is -0.480 e. The third-order valence-corrected chi connectivity index (χ3v) is 3.79. The molecular weight excluding hydrogens is 302 g/mol. The highest BCUT2D eigenvalue weighted by molar-refractivity contribution is 6.29. The van der Waals surface area contributed by atoms with E-state index in [1.165, 1.54) is 0 Å². The van der Waals surface area contributed by atoms with Gasteiger partial charge in [0.15, 0.2) is 0 Å². The van der Waals surface area contributed by atoms with E-state index in [-0.39, 0.29) is 23.3 Å². The predicted octanol–water partition coefficient (Wildman–Crippen LogP) is 3.28. The lowest BCUT2D eigenvalue weighted by Gasteiger charge is -2.20. The number of amides is 1. The van der Waals surface area contributed by atoms with Gasteiger partial charge in [-0.25, -0.2) is 4.79 Å². The van der Waals surface area contributed by atoms with Crippen LogP contribution in [0.15, 0.2) is 35.9 Å². The van der Waals surface area contributed by atoms with Gasteiger partial charge in [-0.1, -0.05) is 49.4 Å². The van der Waals surface area contributed by atoms with Crippen LogP contribution in [0.3, 0.4) is 0 Å². The van der Waals surface area contributed by atoms with Crippen LogP contribution >= 0.6 is 11.6 Å². The number of benzene rings is 1. The van der Waals surface area contributed by atoms with Crippen LogP contribution in [0.4, 0.5) is 0 Å². The first-order valence-corrected chi connectivity index (χ1v) is 7.63. The highest BCUT2D eigenvalue weighted by Gasteiger charge is 2.25. The standard InChI is InChI=1S/C17H22ClNO3/c1-4-13(10-14-8-6-5-7-11(14)2)16(20)19-15(17(21)22)9-12(3)18/h5-8,13,15H,3-4,9-10H2,1-2H3,(H,19,20)(H,21,22). The molecule has 2 atom stereocenters. The molecule has 120 valence electrons. The third kappa shape index (κ3) is 5.53. The van der Waals surface area contributed by atoms with E-state index in [0.29, 0.717) is 12.8 Å². The fourth-order valence-corrected chi connectivity index (χ4v) is 2.39. The van der Waals surface area contributed by atoms with Crippen molar-refractivity contribution in [2.45, 2.75) is 39.2 Å². The Hall–Kier alpha value is -1.81. The Labute approximate surface area is 136 Å². The number of carboxylic acid groups (broad SMARTS) is 1. The molecule has 0 aromatic heterocycles. The van der Waals surface area contributed by atoms with Crippen molar-refractivity contribution in [2.24, 2.45) is 5.92 Å².